The van der Waals surface area contributed by atoms with Gasteiger partial charge < -0.3 is 14.2 Å². The van der Waals surface area contributed by atoms with Crippen molar-refractivity contribution in [1.29, 1.82) is 0 Å². The second-order valence-corrected chi connectivity index (χ2v) is 21.6. The van der Waals surface area contributed by atoms with E-state index in [1.54, 1.807) is 0 Å². The molecular formula is C73H122O6. The minimum atomic E-state index is -0.797. The number of carbonyl (C=O) groups excluding carboxylic acids is 3. The molecule has 0 N–H and O–H groups in total. The van der Waals surface area contributed by atoms with Gasteiger partial charge in [-0.2, -0.15) is 0 Å². The first kappa shape index (κ1) is 74.8. The quantitative estimate of drug-likeness (QED) is 0.0261. The van der Waals surface area contributed by atoms with Crippen molar-refractivity contribution in [2.24, 2.45) is 0 Å². The third-order valence-corrected chi connectivity index (χ3v) is 13.9. The Morgan fingerprint density at radius 1 is 0.266 bits per heavy atom. The number of unbranched alkanes of at least 4 members (excludes halogenated alkanes) is 28. The molecule has 450 valence electrons. The summed E-state index contributed by atoms with van der Waals surface area (Å²) >= 11 is 0. The summed E-state index contributed by atoms with van der Waals surface area (Å²) in [6.45, 7) is 6.38. The van der Waals surface area contributed by atoms with Gasteiger partial charge in [-0.15, -0.1) is 0 Å². The van der Waals surface area contributed by atoms with Gasteiger partial charge >= 0.3 is 17.9 Å². The lowest BCUT2D eigenvalue weighted by molar-refractivity contribution is -0.167. The van der Waals surface area contributed by atoms with Crippen LogP contribution in [0.25, 0.3) is 0 Å². The van der Waals surface area contributed by atoms with E-state index in [0.717, 1.165) is 128 Å². The zero-order valence-electron chi connectivity index (χ0n) is 51.6. The van der Waals surface area contributed by atoms with Crippen molar-refractivity contribution in [3.63, 3.8) is 0 Å². The lowest BCUT2D eigenvalue weighted by Crippen LogP contribution is -2.30. The highest BCUT2D eigenvalue weighted by molar-refractivity contribution is 5.71. The van der Waals surface area contributed by atoms with Crippen molar-refractivity contribution in [2.75, 3.05) is 13.2 Å². The van der Waals surface area contributed by atoms with Crippen LogP contribution in [0.4, 0.5) is 0 Å². The number of allylic oxidation sites excluding steroid dienone is 20. The van der Waals surface area contributed by atoms with Gasteiger partial charge in [-0.3, -0.25) is 14.4 Å². The summed E-state index contributed by atoms with van der Waals surface area (Å²) < 4.78 is 16.9. The topological polar surface area (TPSA) is 78.9 Å². The molecule has 0 aromatic heterocycles. The minimum absolute atomic E-state index is 0.0918. The maximum Gasteiger partial charge on any atom is 0.306 e. The van der Waals surface area contributed by atoms with Gasteiger partial charge in [0.15, 0.2) is 6.10 Å². The van der Waals surface area contributed by atoms with Gasteiger partial charge in [0.05, 0.1) is 0 Å². The van der Waals surface area contributed by atoms with E-state index < -0.39 is 6.10 Å². The Hall–Kier alpha value is -4.19. The largest absolute Gasteiger partial charge is 0.462 e. The molecule has 0 fully saturated rings. The van der Waals surface area contributed by atoms with Gasteiger partial charge in [0, 0.05) is 19.3 Å². The second kappa shape index (κ2) is 66.3. The molecule has 0 saturated carbocycles. The van der Waals surface area contributed by atoms with Crippen LogP contribution in [-0.2, 0) is 28.6 Å². The Kier molecular flexibility index (Phi) is 62.8. The Balaban J connectivity index is 4.13. The first-order chi connectivity index (χ1) is 39.0. The maximum atomic E-state index is 12.8. The Bertz CT molecular complexity index is 1640. The van der Waals surface area contributed by atoms with Gasteiger partial charge in [-0.05, 0) is 128 Å². The fourth-order valence-electron chi connectivity index (χ4n) is 9.04. The van der Waals surface area contributed by atoms with E-state index in [9.17, 15) is 14.4 Å². The van der Waals surface area contributed by atoms with Crippen molar-refractivity contribution in [2.45, 2.75) is 309 Å². The van der Waals surface area contributed by atoms with E-state index in [4.69, 9.17) is 14.2 Å². The molecule has 0 aromatic rings. The molecule has 0 aromatic carbocycles. The van der Waals surface area contributed by atoms with Crippen molar-refractivity contribution < 1.29 is 28.6 Å². The van der Waals surface area contributed by atoms with Crippen molar-refractivity contribution >= 4 is 17.9 Å². The standard InChI is InChI=1S/C73H122O6/c1-4-7-10-13-16-19-22-25-26-27-28-29-30-31-32-33-34-35-36-37-38-39-40-41-42-43-44-45-46-49-51-54-57-60-63-66-72(75)78-69-70(79-73(76)67-64-61-58-55-52-48-24-21-18-15-12-9-6-3)68-77-71(74)65-62-59-56-53-50-47-23-20-17-14-11-8-5-2/h7,9-10,12,16,18-21,23,25-26,28-29,31-32,34-35,48,52,70H,4-6,8,11,13-15,17,22,24,27,30,33,36-47,49-51,53-69H2,1-3H3/b10-7-,12-9-,19-16-,21-18-,23-20-,26-25-,29-28-,32-31-,35-34-,52-48-. The molecule has 6 nitrogen and oxygen atoms in total. The van der Waals surface area contributed by atoms with Crippen LogP contribution >= 0.6 is 0 Å². The van der Waals surface area contributed by atoms with Crippen LogP contribution in [-0.4, -0.2) is 37.2 Å². The Labute approximate surface area is 488 Å². The van der Waals surface area contributed by atoms with Gasteiger partial charge in [0.1, 0.15) is 13.2 Å². The van der Waals surface area contributed by atoms with E-state index in [1.165, 1.54) is 135 Å². The summed E-state index contributed by atoms with van der Waals surface area (Å²) in [5, 5.41) is 0. The van der Waals surface area contributed by atoms with Gasteiger partial charge in [-0.1, -0.05) is 277 Å². The fraction of sp³-hybridized carbons (Fsp3) is 0.685. The highest BCUT2D eigenvalue weighted by Gasteiger charge is 2.19. The molecule has 1 atom stereocenters. The molecule has 0 bridgehead atoms. The van der Waals surface area contributed by atoms with E-state index >= 15 is 0 Å². The SMILES string of the molecule is CC/C=C\C/C=C\C/C=C\C/C=C\C/C=C\C/C=C\CCCCCCCCCCCCCCCCCCC(=O)OCC(COC(=O)CCCCCCC/C=C\CCCCCC)OC(=O)CCCCC/C=C\C/C=C\C/C=C\CC. The van der Waals surface area contributed by atoms with Crippen LogP contribution in [0.2, 0.25) is 0 Å². The summed E-state index contributed by atoms with van der Waals surface area (Å²) in [5.74, 6) is -0.925. The smallest absolute Gasteiger partial charge is 0.306 e. The normalized spacial score (nSPS) is 12.9. The molecule has 0 rings (SSSR count). The molecule has 0 aliphatic rings. The summed E-state index contributed by atoms with van der Waals surface area (Å²) in [6.07, 6.45) is 92.3. The van der Waals surface area contributed by atoms with Gasteiger partial charge in [0.25, 0.3) is 0 Å². The third-order valence-electron chi connectivity index (χ3n) is 13.9. The third kappa shape index (κ3) is 64.5. The number of hydrogen-bond donors (Lipinski definition) is 0. The zero-order chi connectivity index (χ0) is 57.1. The number of rotatable bonds is 59. The molecule has 6 heteroatoms. The monoisotopic (exact) mass is 1090 g/mol. The first-order valence-electron chi connectivity index (χ1n) is 33.0. The second-order valence-electron chi connectivity index (χ2n) is 21.6. The lowest BCUT2D eigenvalue weighted by Gasteiger charge is -2.18. The van der Waals surface area contributed by atoms with Gasteiger partial charge in [0.2, 0.25) is 0 Å². The van der Waals surface area contributed by atoms with Crippen molar-refractivity contribution in [1.82, 2.24) is 0 Å². The molecule has 0 aliphatic heterocycles. The molecule has 0 saturated heterocycles. The van der Waals surface area contributed by atoms with Crippen LogP contribution < -0.4 is 0 Å². The van der Waals surface area contributed by atoms with Gasteiger partial charge in [-0.25, -0.2) is 0 Å². The molecule has 79 heavy (non-hydrogen) atoms. The minimum Gasteiger partial charge on any atom is -0.462 e. The number of carbonyl (C=O) groups is 3. The summed E-state index contributed by atoms with van der Waals surface area (Å²) in [5.41, 5.74) is 0. The molecule has 1 unspecified atom stereocenters. The fourth-order valence-corrected chi connectivity index (χ4v) is 9.04. The predicted molar refractivity (Wildman–Crippen MR) is 343 cm³/mol. The maximum absolute atomic E-state index is 12.8. The van der Waals surface area contributed by atoms with Crippen molar-refractivity contribution in [3.05, 3.63) is 122 Å². The summed E-state index contributed by atoms with van der Waals surface area (Å²) in [6, 6.07) is 0. The predicted octanol–water partition coefficient (Wildman–Crippen LogP) is 22.8. The van der Waals surface area contributed by atoms with Crippen LogP contribution in [0.15, 0.2) is 122 Å². The molecular weight excluding hydrogens is 973 g/mol. The molecule has 0 heterocycles. The lowest BCUT2D eigenvalue weighted by atomic mass is 10.0. The zero-order valence-corrected chi connectivity index (χ0v) is 51.6. The number of hydrogen-bond acceptors (Lipinski definition) is 6. The van der Waals surface area contributed by atoms with Crippen molar-refractivity contribution in [3.8, 4) is 0 Å². The summed E-state index contributed by atoms with van der Waals surface area (Å²) in [4.78, 5) is 38.2. The highest BCUT2D eigenvalue weighted by Crippen LogP contribution is 2.16. The average Bonchev–Trinajstić information content (AvgIpc) is 3.45. The Morgan fingerprint density at radius 2 is 0.494 bits per heavy atom. The molecule has 0 spiro atoms. The molecule has 0 amide bonds. The van der Waals surface area contributed by atoms with Crippen LogP contribution in [0, 0.1) is 0 Å². The van der Waals surface area contributed by atoms with E-state index in [-0.39, 0.29) is 31.1 Å². The Morgan fingerprint density at radius 3 is 0.797 bits per heavy atom. The first-order valence-corrected chi connectivity index (χ1v) is 33.0. The summed E-state index contributed by atoms with van der Waals surface area (Å²) in [7, 11) is 0. The molecule has 0 aliphatic carbocycles. The average molecular weight is 1100 g/mol. The van der Waals surface area contributed by atoms with E-state index in [2.05, 4.69) is 142 Å². The van der Waals surface area contributed by atoms with E-state index in [1.807, 2.05) is 0 Å². The van der Waals surface area contributed by atoms with Crippen LogP contribution in [0.3, 0.4) is 0 Å². The number of esters is 3. The van der Waals surface area contributed by atoms with Crippen LogP contribution in [0.1, 0.15) is 303 Å². The van der Waals surface area contributed by atoms with E-state index in [0.29, 0.717) is 19.3 Å². The highest BCUT2D eigenvalue weighted by atomic mass is 16.6. The number of ether oxygens (including phenoxy) is 3. The van der Waals surface area contributed by atoms with Crippen LogP contribution in [0.5, 0.6) is 0 Å². The molecule has 0 radical (unpaired) electrons.